The predicted octanol–water partition coefficient (Wildman–Crippen LogP) is 1.03. The molecular formula is C12H16N2O2S. The first kappa shape index (κ1) is 12.3. The van der Waals surface area contributed by atoms with Crippen LogP contribution in [0, 0.1) is 0 Å². The van der Waals surface area contributed by atoms with Crippen LogP contribution in [0.5, 0.6) is 0 Å². The van der Waals surface area contributed by atoms with Gasteiger partial charge in [0.1, 0.15) is 0 Å². The third kappa shape index (κ3) is 2.74. The van der Waals surface area contributed by atoms with Crippen LogP contribution < -0.4 is 10.9 Å². The summed E-state index contributed by atoms with van der Waals surface area (Å²) in [6.45, 7) is 3.63. The van der Waals surface area contributed by atoms with E-state index in [9.17, 15) is 9.90 Å². The Morgan fingerprint density at radius 3 is 3.12 bits per heavy atom. The van der Waals surface area contributed by atoms with Gasteiger partial charge in [0.05, 0.1) is 18.0 Å². The fourth-order valence-corrected chi connectivity index (χ4v) is 2.53. The first-order chi connectivity index (χ1) is 8.22. The van der Waals surface area contributed by atoms with Gasteiger partial charge in [-0.3, -0.25) is 4.79 Å². The molecule has 0 saturated carbocycles. The smallest absolute Gasteiger partial charge is 0.259 e. The Morgan fingerprint density at radius 1 is 1.53 bits per heavy atom. The standard InChI is InChI=1S/C12H16N2O2S/c1-2-13-7-9(15)8-14-5-3-11-10(12(14)16)4-6-17-11/h3-6,9,13,15H,2,7-8H2,1H3. The summed E-state index contributed by atoms with van der Waals surface area (Å²) in [4.78, 5) is 12.0. The molecular weight excluding hydrogens is 236 g/mol. The van der Waals surface area contributed by atoms with Gasteiger partial charge < -0.3 is 15.0 Å². The van der Waals surface area contributed by atoms with Crippen molar-refractivity contribution in [2.75, 3.05) is 13.1 Å². The van der Waals surface area contributed by atoms with Crippen LogP contribution in [0.1, 0.15) is 6.92 Å². The van der Waals surface area contributed by atoms with Crippen molar-refractivity contribution < 1.29 is 5.11 Å². The maximum atomic E-state index is 12.0. The number of pyridine rings is 1. The van der Waals surface area contributed by atoms with Crippen molar-refractivity contribution in [1.29, 1.82) is 0 Å². The molecule has 0 aliphatic rings. The second-order valence-corrected chi connectivity index (χ2v) is 4.88. The molecule has 0 aliphatic heterocycles. The van der Waals surface area contributed by atoms with Gasteiger partial charge in [0, 0.05) is 17.4 Å². The molecule has 0 aliphatic carbocycles. The molecule has 0 bridgehead atoms. The minimum atomic E-state index is -0.538. The molecule has 5 heteroatoms. The van der Waals surface area contributed by atoms with Crippen molar-refractivity contribution in [2.45, 2.75) is 19.6 Å². The minimum absolute atomic E-state index is 0.0284. The highest BCUT2D eigenvalue weighted by atomic mass is 32.1. The summed E-state index contributed by atoms with van der Waals surface area (Å²) in [5.74, 6) is 0. The molecule has 2 heterocycles. The van der Waals surface area contributed by atoms with Gasteiger partial charge in [-0.15, -0.1) is 11.3 Å². The van der Waals surface area contributed by atoms with E-state index in [1.165, 1.54) is 0 Å². The fraction of sp³-hybridized carbons (Fsp3) is 0.417. The van der Waals surface area contributed by atoms with Gasteiger partial charge in [-0.1, -0.05) is 6.92 Å². The van der Waals surface area contributed by atoms with Gasteiger partial charge in [0.25, 0.3) is 5.56 Å². The van der Waals surface area contributed by atoms with Crippen LogP contribution in [0.15, 0.2) is 28.5 Å². The van der Waals surface area contributed by atoms with Crippen molar-refractivity contribution in [3.8, 4) is 0 Å². The maximum absolute atomic E-state index is 12.0. The average Bonchev–Trinajstić information content (AvgIpc) is 2.79. The number of fused-ring (bicyclic) bond motifs is 1. The summed E-state index contributed by atoms with van der Waals surface area (Å²) in [6.07, 6.45) is 1.21. The van der Waals surface area contributed by atoms with E-state index in [2.05, 4.69) is 5.32 Å². The minimum Gasteiger partial charge on any atom is -0.390 e. The zero-order valence-electron chi connectivity index (χ0n) is 9.72. The maximum Gasteiger partial charge on any atom is 0.259 e. The Kier molecular flexibility index (Phi) is 3.93. The van der Waals surface area contributed by atoms with Crippen molar-refractivity contribution in [1.82, 2.24) is 9.88 Å². The van der Waals surface area contributed by atoms with E-state index in [1.54, 1.807) is 22.1 Å². The SMILES string of the molecule is CCNCC(O)Cn1ccc2sccc2c1=O. The Labute approximate surface area is 104 Å². The van der Waals surface area contributed by atoms with E-state index in [-0.39, 0.29) is 5.56 Å². The molecule has 2 aromatic heterocycles. The van der Waals surface area contributed by atoms with Gasteiger partial charge in [-0.05, 0) is 24.1 Å². The van der Waals surface area contributed by atoms with E-state index in [0.717, 1.165) is 16.6 Å². The largest absolute Gasteiger partial charge is 0.390 e. The quantitative estimate of drug-likeness (QED) is 0.836. The predicted molar refractivity (Wildman–Crippen MR) is 70.6 cm³/mol. The number of aromatic nitrogens is 1. The fourth-order valence-electron chi connectivity index (χ4n) is 1.75. The summed E-state index contributed by atoms with van der Waals surface area (Å²) in [6, 6.07) is 3.75. The van der Waals surface area contributed by atoms with Gasteiger partial charge in [0.2, 0.25) is 0 Å². The number of thiophene rings is 1. The Morgan fingerprint density at radius 2 is 2.35 bits per heavy atom. The monoisotopic (exact) mass is 252 g/mol. The lowest BCUT2D eigenvalue weighted by atomic mass is 10.3. The molecule has 0 radical (unpaired) electrons. The number of nitrogens with zero attached hydrogens (tertiary/aromatic N) is 1. The third-order valence-electron chi connectivity index (χ3n) is 2.63. The lowest BCUT2D eigenvalue weighted by molar-refractivity contribution is 0.151. The summed E-state index contributed by atoms with van der Waals surface area (Å²) < 4.78 is 2.56. The second-order valence-electron chi connectivity index (χ2n) is 3.93. The van der Waals surface area contributed by atoms with E-state index in [0.29, 0.717) is 13.1 Å². The molecule has 1 atom stereocenters. The normalized spacial score (nSPS) is 13.1. The van der Waals surface area contributed by atoms with E-state index in [4.69, 9.17) is 0 Å². The van der Waals surface area contributed by atoms with Crippen LogP contribution in [0.3, 0.4) is 0 Å². The van der Waals surface area contributed by atoms with Crippen molar-refractivity contribution in [3.63, 3.8) is 0 Å². The number of likely N-dealkylation sites (N-methyl/N-ethyl adjacent to an activating group) is 1. The van der Waals surface area contributed by atoms with Crippen molar-refractivity contribution in [2.24, 2.45) is 0 Å². The van der Waals surface area contributed by atoms with Crippen molar-refractivity contribution in [3.05, 3.63) is 34.1 Å². The van der Waals surface area contributed by atoms with Crippen molar-refractivity contribution >= 4 is 21.4 Å². The van der Waals surface area contributed by atoms with E-state index < -0.39 is 6.10 Å². The van der Waals surface area contributed by atoms with Crippen LogP contribution in [-0.4, -0.2) is 28.9 Å². The van der Waals surface area contributed by atoms with Crippen LogP contribution >= 0.6 is 11.3 Å². The highest BCUT2D eigenvalue weighted by Gasteiger charge is 2.08. The number of hydrogen-bond acceptors (Lipinski definition) is 4. The lowest BCUT2D eigenvalue weighted by Gasteiger charge is -2.12. The molecule has 2 N–H and O–H groups in total. The molecule has 2 aromatic rings. The number of rotatable bonds is 5. The topological polar surface area (TPSA) is 54.3 Å². The first-order valence-electron chi connectivity index (χ1n) is 5.67. The molecule has 0 saturated heterocycles. The summed E-state index contributed by atoms with van der Waals surface area (Å²) in [7, 11) is 0. The Balaban J connectivity index is 2.18. The van der Waals surface area contributed by atoms with Crippen LogP contribution in [0.25, 0.3) is 10.1 Å². The molecule has 4 nitrogen and oxygen atoms in total. The number of hydrogen-bond donors (Lipinski definition) is 2. The van der Waals surface area contributed by atoms with Gasteiger partial charge in [-0.2, -0.15) is 0 Å². The molecule has 2 rings (SSSR count). The van der Waals surface area contributed by atoms with Crippen LogP contribution in [-0.2, 0) is 6.54 Å². The van der Waals surface area contributed by atoms with Crippen LogP contribution in [0.2, 0.25) is 0 Å². The highest BCUT2D eigenvalue weighted by molar-refractivity contribution is 7.17. The summed E-state index contributed by atoms with van der Waals surface area (Å²) in [5, 5.41) is 15.5. The number of nitrogens with one attached hydrogen (secondary N) is 1. The zero-order valence-corrected chi connectivity index (χ0v) is 10.5. The zero-order chi connectivity index (χ0) is 12.3. The lowest BCUT2D eigenvalue weighted by Crippen LogP contribution is -2.33. The number of aliphatic hydroxyl groups is 1. The highest BCUT2D eigenvalue weighted by Crippen LogP contribution is 2.16. The van der Waals surface area contributed by atoms with Gasteiger partial charge >= 0.3 is 0 Å². The van der Waals surface area contributed by atoms with E-state index in [1.807, 2.05) is 24.4 Å². The molecule has 0 aromatic carbocycles. The Bertz CT molecular complexity index is 547. The molecule has 0 spiro atoms. The van der Waals surface area contributed by atoms with Gasteiger partial charge in [-0.25, -0.2) is 0 Å². The molecule has 17 heavy (non-hydrogen) atoms. The molecule has 1 unspecified atom stereocenters. The number of aliphatic hydroxyl groups excluding tert-OH is 1. The molecule has 0 fully saturated rings. The Hall–Kier alpha value is -1.17. The van der Waals surface area contributed by atoms with Crippen LogP contribution in [0.4, 0.5) is 0 Å². The molecule has 92 valence electrons. The second kappa shape index (κ2) is 5.44. The van der Waals surface area contributed by atoms with E-state index >= 15 is 0 Å². The van der Waals surface area contributed by atoms with Gasteiger partial charge in [0.15, 0.2) is 0 Å². The summed E-state index contributed by atoms with van der Waals surface area (Å²) in [5.41, 5.74) is -0.0284. The average molecular weight is 252 g/mol. The summed E-state index contributed by atoms with van der Waals surface area (Å²) >= 11 is 1.55. The third-order valence-corrected chi connectivity index (χ3v) is 3.51. The first-order valence-corrected chi connectivity index (χ1v) is 6.55. The molecule has 0 amide bonds.